The third-order valence-corrected chi connectivity index (χ3v) is 0. The van der Waals surface area contributed by atoms with Crippen LogP contribution in [0.2, 0.25) is 0 Å². The van der Waals surface area contributed by atoms with Crippen LogP contribution < -0.4 is 0 Å². The summed E-state index contributed by atoms with van der Waals surface area (Å²) >= 11 is 0. The Morgan fingerprint density at radius 2 is 1.17 bits per heavy atom. The van der Waals surface area contributed by atoms with E-state index in [-0.39, 0.29) is 25.8 Å². The monoisotopic (exact) mass is 276 g/mol. The van der Waals surface area contributed by atoms with Crippen molar-refractivity contribution in [2.24, 2.45) is 0 Å². The fourth-order valence-corrected chi connectivity index (χ4v) is 0. The van der Waals surface area contributed by atoms with Crippen LogP contribution >= 0.6 is 0 Å². The van der Waals surface area contributed by atoms with Crippen LogP contribution in [0.1, 0.15) is 0 Å². The molecule has 0 rings (SSSR count). The third-order valence-electron chi connectivity index (χ3n) is 0. The predicted molar refractivity (Wildman–Crippen MR) is 10.5 cm³/mol. The quantitative estimate of drug-likeness (QED) is 0.311. The molecule has 0 aromatic rings. The van der Waals surface area contributed by atoms with E-state index >= 15 is 0 Å². The van der Waals surface area contributed by atoms with Crippen molar-refractivity contribution in [3.8, 4) is 0 Å². The van der Waals surface area contributed by atoms with Gasteiger partial charge in [0, 0.05) is 10.4 Å². The molecule has 0 amide bonds. The van der Waals surface area contributed by atoms with Gasteiger partial charge >= 0.3 is 25.8 Å². The van der Waals surface area contributed by atoms with Crippen LogP contribution in [-0.2, 0) is 36.2 Å². The van der Waals surface area contributed by atoms with Gasteiger partial charge in [0.05, 0.1) is 0 Å². The molecule has 0 heterocycles. The zero-order chi connectivity index (χ0) is 4.50. The summed E-state index contributed by atoms with van der Waals surface area (Å²) in [5, 5.41) is 0. The molecule has 0 spiro atoms. The molecule has 0 aliphatic carbocycles. The van der Waals surface area contributed by atoms with Crippen molar-refractivity contribution in [2.75, 3.05) is 0 Å². The molecule has 0 bridgehead atoms. The maximum atomic E-state index is 8.52. The smallest absolute Gasteiger partial charge is 0.759 e. The van der Waals surface area contributed by atoms with Gasteiger partial charge in [-0.25, -0.2) is 0 Å². The summed E-state index contributed by atoms with van der Waals surface area (Å²) in [6.07, 6.45) is 0. The Morgan fingerprint density at radius 3 is 1.17 bits per heavy atom. The molecular formula is HfO4S+2. The van der Waals surface area contributed by atoms with E-state index in [4.69, 9.17) is 17.5 Å². The molecule has 0 aromatic heterocycles. The van der Waals surface area contributed by atoms with Crippen LogP contribution in [0.5, 0.6) is 0 Å². The molecule has 0 aliphatic rings. The SMILES string of the molecule is O=S(=O)([O-])[O-].[Hf+4]. The van der Waals surface area contributed by atoms with E-state index in [2.05, 4.69) is 0 Å². The molecule has 0 saturated heterocycles. The van der Waals surface area contributed by atoms with Gasteiger partial charge in [-0.3, -0.25) is 8.42 Å². The van der Waals surface area contributed by atoms with Gasteiger partial charge in [0.1, 0.15) is 0 Å². The molecule has 6 heavy (non-hydrogen) atoms. The average molecular weight is 275 g/mol. The van der Waals surface area contributed by atoms with Crippen molar-refractivity contribution in [3.63, 3.8) is 0 Å². The Balaban J connectivity index is 0. The molecule has 0 N–H and O–H groups in total. The number of hydrogen-bond donors (Lipinski definition) is 0. The normalized spacial score (nSPS) is 9.67. The summed E-state index contributed by atoms with van der Waals surface area (Å²) in [6, 6.07) is 0. The van der Waals surface area contributed by atoms with Gasteiger partial charge in [-0.15, -0.1) is 0 Å². The molecule has 0 saturated carbocycles. The summed E-state index contributed by atoms with van der Waals surface area (Å²) in [4.78, 5) is 0. The van der Waals surface area contributed by atoms with Crippen LogP contribution in [0.3, 0.4) is 0 Å². The zero-order valence-corrected chi connectivity index (χ0v) is 6.95. The van der Waals surface area contributed by atoms with Gasteiger partial charge < -0.3 is 9.11 Å². The van der Waals surface area contributed by atoms with Gasteiger partial charge in [-0.05, 0) is 0 Å². The fraction of sp³-hybridized carbons (Fsp3) is 0. The standard InChI is InChI=1S/Hf.H2O4S/c;1-5(2,3)4/h;(H2,1,2,3,4)/q+4;/p-2. The first-order chi connectivity index (χ1) is 2.00. The Hall–Kier alpha value is 0.740. The minimum absolute atomic E-state index is 0. The summed E-state index contributed by atoms with van der Waals surface area (Å²) in [5.74, 6) is 0. The van der Waals surface area contributed by atoms with Crippen molar-refractivity contribution >= 4 is 10.4 Å². The Bertz CT molecular complexity index is 90.7. The molecule has 32 valence electrons. The zero-order valence-electron chi connectivity index (χ0n) is 2.54. The second kappa shape index (κ2) is 2.84. The Labute approximate surface area is 53.9 Å². The second-order valence-electron chi connectivity index (χ2n) is 0.408. The maximum Gasteiger partial charge on any atom is 4.00 e. The molecule has 0 atom stereocenters. The van der Waals surface area contributed by atoms with Gasteiger partial charge in [0.15, 0.2) is 0 Å². The largest absolute Gasteiger partial charge is 4.00 e. The van der Waals surface area contributed by atoms with Gasteiger partial charge in [-0.1, -0.05) is 0 Å². The van der Waals surface area contributed by atoms with Gasteiger partial charge in [0.2, 0.25) is 0 Å². The van der Waals surface area contributed by atoms with Gasteiger partial charge in [0.25, 0.3) is 0 Å². The maximum absolute atomic E-state index is 8.52. The second-order valence-corrected chi connectivity index (χ2v) is 1.22. The van der Waals surface area contributed by atoms with Crippen molar-refractivity contribution in [2.45, 2.75) is 0 Å². The van der Waals surface area contributed by atoms with Crippen LogP contribution in [0.15, 0.2) is 0 Å². The first-order valence-corrected chi connectivity index (χ1v) is 2.00. The van der Waals surface area contributed by atoms with Crippen molar-refractivity contribution in [3.05, 3.63) is 0 Å². The Kier molecular flexibility index (Phi) is 4.68. The van der Waals surface area contributed by atoms with Crippen LogP contribution in [0, 0.1) is 0 Å². The number of hydrogen-bond acceptors (Lipinski definition) is 4. The minimum atomic E-state index is -5.17. The summed E-state index contributed by atoms with van der Waals surface area (Å²) < 4.78 is 34.1. The van der Waals surface area contributed by atoms with E-state index < -0.39 is 10.4 Å². The van der Waals surface area contributed by atoms with Gasteiger partial charge in [-0.2, -0.15) is 0 Å². The van der Waals surface area contributed by atoms with Crippen LogP contribution in [-0.4, -0.2) is 17.5 Å². The molecular weight excluding hydrogens is 275 g/mol. The summed E-state index contributed by atoms with van der Waals surface area (Å²) in [7, 11) is -5.17. The average Bonchev–Trinajstić information content (AvgIpc) is 0.722. The topological polar surface area (TPSA) is 80.3 Å². The van der Waals surface area contributed by atoms with Crippen LogP contribution in [0.4, 0.5) is 0 Å². The molecule has 6 heteroatoms. The molecule has 4 nitrogen and oxygen atoms in total. The minimum Gasteiger partial charge on any atom is -0.759 e. The molecule has 0 radical (unpaired) electrons. The first-order valence-electron chi connectivity index (χ1n) is 0.667. The van der Waals surface area contributed by atoms with E-state index in [9.17, 15) is 0 Å². The van der Waals surface area contributed by atoms with Crippen molar-refractivity contribution < 1.29 is 43.4 Å². The molecule has 0 aliphatic heterocycles. The Morgan fingerprint density at radius 1 is 1.17 bits per heavy atom. The molecule has 0 unspecified atom stereocenters. The summed E-state index contributed by atoms with van der Waals surface area (Å²) in [6.45, 7) is 0. The van der Waals surface area contributed by atoms with E-state index in [0.29, 0.717) is 0 Å². The van der Waals surface area contributed by atoms with Crippen molar-refractivity contribution in [1.29, 1.82) is 0 Å². The van der Waals surface area contributed by atoms with E-state index in [0.717, 1.165) is 0 Å². The number of rotatable bonds is 0. The third kappa shape index (κ3) is 121. The summed E-state index contributed by atoms with van der Waals surface area (Å²) in [5.41, 5.74) is 0. The predicted octanol–water partition coefficient (Wildman–Crippen LogP) is -1.34. The van der Waals surface area contributed by atoms with E-state index in [1.54, 1.807) is 0 Å². The van der Waals surface area contributed by atoms with Crippen molar-refractivity contribution in [1.82, 2.24) is 0 Å². The fourth-order valence-electron chi connectivity index (χ4n) is 0. The van der Waals surface area contributed by atoms with E-state index in [1.165, 1.54) is 0 Å². The first kappa shape index (κ1) is 9.88. The molecule has 0 aromatic carbocycles. The molecule has 0 fully saturated rings. The van der Waals surface area contributed by atoms with E-state index in [1.807, 2.05) is 0 Å². The van der Waals surface area contributed by atoms with Crippen LogP contribution in [0.25, 0.3) is 0 Å².